The van der Waals surface area contributed by atoms with E-state index in [2.05, 4.69) is 37.5 Å². The van der Waals surface area contributed by atoms with Crippen molar-refractivity contribution >= 4 is 5.82 Å². The third kappa shape index (κ3) is 2.82. The van der Waals surface area contributed by atoms with Crippen LogP contribution in [0.15, 0.2) is 30.6 Å². The smallest absolute Gasteiger partial charge is 0.130 e. The minimum atomic E-state index is 0.570. The van der Waals surface area contributed by atoms with Gasteiger partial charge in [-0.05, 0) is 31.5 Å². The molecule has 1 fully saturated rings. The Hall–Kier alpha value is -1.88. The van der Waals surface area contributed by atoms with Crippen LogP contribution in [0.2, 0.25) is 0 Å². The largest absolute Gasteiger partial charge is 0.373 e. The number of nitrogens with one attached hydrogen (secondary N) is 2. The van der Waals surface area contributed by atoms with Crippen molar-refractivity contribution in [2.24, 2.45) is 0 Å². The third-order valence-electron chi connectivity index (χ3n) is 3.99. The van der Waals surface area contributed by atoms with Crippen LogP contribution < -0.4 is 5.32 Å². The summed E-state index contributed by atoms with van der Waals surface area (Å²) in [5.41, 5.74) is 2.52. The van der Waals surface area contributed by atoms with Gasteiger partial charge in [0.25, 0.3) is 0 Å². The van der Waals surface area contributed by atoms with Gasteiger partial charge in [-0.1, -0.05) is 6.07 Å². The molecule has 0 aromatic carbocycles. The number of H-pyrrole nitrogens is 1. The molecule has 0 spiro atoms. The lowest BCUT2D eigenvalue weighted by molar-refractivity contribution is 0.198. The lowest BCUT2D eigenvalue weighted by atomic mass is 9.94. The molecule has 3 rings (SSSR count). The molecule has 0 radical (unpaired) electrons. The molecule has 5 heteroatoms. The van der Waals surface area contributed by atoms with Crippen LogP contribution in [-0.4, -0.2) is 40.2 Å². The summed E-state index contributed by atoms with van der Waals surface area (Å²) in [5.74, 6) is 1.55. The van der Waals surface area contributed by atoms with E-state index in [1.165, 1.54) is 24.1 Å². The van der Waals surface area contributed by atoms with E-state index in [9.17, 15) is 0 Å². The van der Waals surface area contributed by atoms with Crippen LogP contribution >= 0.6 is 0 Å². The van der Waals surface area contributed by atoms with Crippen molar-refractivity contribution in [2.45, 2.75) is 25.3 Å². The summed E-state index contributed by atoms with van der Waals surface area (Å²) in [6.45, 7) is 3.19. The van der Waals surface area contributed by atoms with Gasteiger partial charge < -0.3 is 5.32 Å². The van der Waals surface area contributed by atoms with Crippen molar-refractivity contribution < 1.29 is 0 Å². The lowest BCUT2D eigenvalue weighted by Crippen LogP contribution is -2.34. The van der Waals surface area contributed by atoms with Gasteiger partial charge >= 0.3 is 0 Å². The van der Waals surface area contributed by atoms with Gasteiger partial charge in [0.2, 0.25) is 0 Å². The molecule has 1 saturated heterocycles. The molecule has 1 aliphatic rings. The highest BCUT2D eigenvalue weighted by molar-refractivity contribution is 5.42. The van der Waals surface area contributed by atoms with E-state index in [4.69, 9.17) is 0 Å². The zero-order valence-electron chi connectivity index (χ0n) is 11.8. The zero-order valence-corrected chi connectivity index (χ0v) is 11.8. The molecule has 0 saturated carbocycles. The van der Waals surface area contributed by atoms with Crippen LogP contribution in [-0.2, 0) is 6.54 Å². The molecule has 5 nitrogen and oxygen atoms in total. The predicted octanol–water partition coefficient (Wildman–Crippen LogP) is 2.23. The number of aromatic nitrogens is 3. The van der Waals surface area contributed by atoms with Gasteiger partial charge in [0.15, 0.2) is 0 Å². The van der Waals surface area contributed by atoms with Crippen molar-refractivity contribution in [1.82, 2.24) is 20.1 Å². The van der Waals surface area contributed by atoms with Crippen molar-refractivity contribution in [3.05, 3.63) is 41.9 Å². The first-order valence-corrected chi connectivity index (χ1v) is 7.20. The number of pyridine rings is 1. The number of nitrogens with zero attached hydrogens (tertiary/aromatic N) is 3. The van der Waals surface area contributed by atoms with Crippen LogP contribution in [0.25, 0.3) is 0 Å². The second kappa shape index (κ2) is 6.05. The minimum Gasteiger partial charge on any atom is -0.373 e. The van der Waals surface area contributed by atoms with E-state index in [0.29, 0.717) is 5.92 Å². The Balaban J connectivity index is 1.68. The fourth-order valence-electron chi connectivity index (χ4n) is 2.98. The van der Waals surface area contributed by atoms with Gasteiger partial charge in [-0.15, -0.1) is 0 Å². The standard InChI is InChI=1S/C15H21N5/c1-16-15-13(4-2-7-17-15)11-20-9-3-5-12(10-20)14-6-8-18-19-14/h2,4,6-8,12H,3,5,9-11H2,1H3,(H,16,17)(H,18,19)/t12-/m1/s1. The fourth-order valence-corrected chi connectivity index (χ4v) is 2.98. The molecule has 0 unspecified atom stereocenters. The van der Waals surface area contributed by atoms with Crippen molar-refractivity contribution in [2.75, 3.05) is 25.5 Å². The average Bonchev–Trinajstić information content (AvgIpc) is 3.02. The highest BCUT2D eigenvalue weighted by atomic mass is 15.2. The summed E-state index contributed by atoms with van der Waals surface area (Å²) in [5, 5.41) is 10.4. The number of rotatable bonds is 4. The van der Waals surface area contributed by atoms with E-state index in [1.54, 1.807) is 0 Å². The summed E-state index contributed by atoms with van der Waals surface area (Å²) >= 11 is 0. The van der Waals surface area contributed by atoms with Crippen molar-refractivity contribution in [3.8, 4) is 0 Å². The Morgan fingerprint density at radius 1 is 1.40 bits per heavy atom. The summed E-state index contributed by atoms with van der Waals surface area (Å²) in [6, 6.07) is 6.25. The first kappa shape index (κ1) is 13.1. The maximum Gasteiger partial charge on any atom is 0.130 e. The number of hydrogen-bond donors (Lipinski definition) is 2. The summed E-state index contributed by atoms with van der Waals surface area (Å²) in [4.78, 5) is 6.88. The van der Waals surface area contributed by atoms with Gasteiger partial charge in [0.1, 0.15) is 5.82 Å². The number of anilines is 1. The third-order valence-corrected chi connectivity index (χ3v) is 3.99. The number of hydrogen-bond acceptors (Lipinski definition) is 4. The fraction of sp³-hybridized carbons (Fsp3) is 0.467. The quantitative estimate of drug-likeness (QED) is 0.895. The Morgan fingerprint density at radius 3 is 3.15 bits per heavy atom. The molecule has 20 heavy (non-hydrogen) atoms. The molecule has 0 aliphatic carbocycles. The molecule has 2 aromatic heterocycles. The molecule has 0 bridgehead atoms. The van der Waals surface area contributed by atoms with Crippen LogP contribution in [0.4, 0.5) is 5.82 Å². The molecule has 3 heterocycles. The maximum absolute atomic E-state index is 4.38. The van der Waals surface area contributed by atoms with E-state index >= 15 is 0 Å². The number of aromatic amines is 1. The van der Waals surface area contributed by atoms with E-state index in [-0.39, 0.29) is 0 Å². The zero-order chi connectivity index (χ0) is 13.8. The van der Waals surface area contributed by atoms with Gasteiger partial charge in [-0.25, -0.2) is 4.98 Å². The van der Waals surface area contributed by atoms with E-state index < -0.39 is 0 Å². The molecular weight excluding hydrogens is 250 g/mol. The average molecular weight is 271 g/mol. The second-order valence-electron chi connectivity index (χ2n) is 5.35. The Kier molecular flexibility index (Phi) is 3.97. The molecule has 106 valence electrons. The normalized spacial score (nSPS) is 19.9. The molecule has 2 N–H and O–H groups in total. The molecule has 2 aromatic rings. The van der Waals surface area contributed by atoms with Gasteiger partial charge in [0, 0.05) is 49.7 Å². The number of piperidine rings is 1. The summed E-state index contributed by atoms with van der Waals surface area (Å²) < 4.78 is 0. The first-order chi connectivity index (χ1) is 9.86. The molecule has 1 aliphatic heterocycles. The summed E-state index contributed by atoms with van der Waals surface area (Å²) in [6.07, 6.45) is 6.15. The predicted molar refractivity (Wildman–Crippen MR) is 79.6 cm³/mol. The monoisotopic (exact) mass is 271 g/mol. The molecule has 0 amide bonds. The second-order valence-corrected chi connectivity index (χ2v) is 5.35. The Labute approximate surface area is 119 Å². The molecule has 1 atom stereocenters. The van der Waals surface area contributed by atoms with Crippen LogP contribution in [0, 0.1) is 0 Å². The first-order valence-electron chi connectivity index (χ1n) is 7.20. The van der Waals surface area contributed by atoms with Gasteiger partial charge in [-0.2, -0.15) is 5.10 Å². The van der Waals surface area contributed by atoms with Gasteiger partial charge in [0.05, 0.1) is 0 Å². The minimum absolute atomic E-state index is 0.570. The Morgan fingerprint density at radius 2 is 2.35 bits per heavy atom. The number of likely N-dealkylation sites (tertiary alicyclic amines) is 1. The van der Waals surface area contributed by atoms with Gasteiger partial charge in [-0.3, -0.25) is 10.00 Å². The van der Waals surface area contributed by atoms with Crippen molar-refractivity contribution in [3.63, 3.8) is 0 Å². The Bertz CT molecular complexity index is 537. The molecular formula is C15H21N5. The topological polar surface area (TPSA) is 56.8 Å². The lowest BCUT2D eigenvalue weighted by Gasteiger charge is -2.32. The summed E-state index contributed by atoms with van der Waals surface area (Å²) in [7, 11) is 1.93. The van der Waals surface area contributed by atoms with Crippen LogP contribution in [0.1, 0.15) is 30.0 Å². The van der Waals surface area contributed by atoms with Crippen LogP contribution in [0.5, 0.6) is 0 Å². The SMILES string of the molecule is CNc1ncccc1CN1CCC[C@@H](c2ccn[nH]2)C1. The maximum atomic E-state index is 4.38. The highest BCUT2D eigenvalue weighted by Gasteiger charge is 2.22. The van der Waals surface area contributed by atoms with E-state index in [0.717, 1.165) is 25.5 Å². The van der Waals surface area contributed by atoms with E-state index in [1.807, 2.05) is 25.5 Å². The van der Waals surface area contributed by atoms with Crippen molar-refractivity contribution in [1.29, 1.82) is 0 Å². The highest BCUT2D eigenvalue weighted by Crippen LogP contribution is 2.26. The van der Waals surface area contributed by atoms with Crippen LogP contribution in [0.3, 0.4) is 0 Å².